The minimum absolute atomic E-state index is 0.201. The molecular weight excluding hydrogens is 200 g/mol. The number of piperidine rings is 1. The molecule has 0 aromatic carbocycles. The van der Waals surface area contributed by atoms with Crippen molar-refractivity contribution in [2.75, 3.05) is 6.54 Å². The van der Waals surface area contributed by atoms with Crippen molar-refractivity contribution in [3.05, 3.63) is 0 Å². The highest BCUT2D eigenvalue weighted by atomic mass is 16.2. The highest BCUT2D eigenvalue weighted by Gasteiger charge is 2.67. The van der Waals surface area contributed by atoms with Crippen LogP contribution in [0.25, 0.3) is 0 Å². The van der Waals surface area contributed by atoms with Crippen LogP contribution in [0.3, 0.4) is 0 Å². The van der Waals surface area contributed by atoms with Crippen molar-refractivity contribution in [3.8, 4) is 0 Å². The lowest BCUT2D eigenvalue weighted by molar-refractivity contribution is -0.136. The number of likely N-dealkylation sites (tertiary alicyclic amines) is 1. The van der Waals surface area contributed by atoms with Gasteiger partial charge in [-0.3, -0.25) is 4.79 Å². The van der Waals surface area contributed by atoms with Crippen LogP contribution in [0.2, 0.25) is 0 Å². The first-order valence-corrected chi connectivity index (χ1v) is 6.83. The van der Waals surface area contributed by atoms with E-state index >= 15 is 0 Å². The van der Waals surface area contributed by atoms with Crippen LogP contribution < -0.4 is 5.73 Å². The van der Waals surface area contributed by atoms with Gasteiger partial charge in [0, 0.05) is 12.6 Å². The molecule has 0 spiro atoms. The smallest absolute Gasteiger partial charge is 0.239 e. The maximum Gasteiger partial charge on any atom is 0.239 e. The highest BCUT2D eigenvalue weighted by molar-refractivity contribution is 5.83. The zero-order chi connectivity index (χ0) is 10.9. The van der Waals surface area contributed by atoms with Crippen molar-refractivity contribution in [3.63, 3.8) is 0 Å². The number of nitrogens with zero attached hydrogens (tertiary/aromatic N) is 1. The Bertz CT molecular complexity index is 327. The second kappa shape index (κ2) is 3.00. The molecule has 5 unspecified atom stereocenters. The molecule has 1 heterocycles. The van der Waals surface area contributed by atoms with Gasteiger partial charge in [-0.15, -0.1) is 0 Å². The SMILES string of the molecule is NC1CCCN(C2C3C4CCC(C4)C32)C1=O. The van der Waals surface area contributed by atoms with Crippen molar-refractivity contribution in [2.45, 2.75) is 44.2 Å². The molecule has 1 saturated heterocycles. The molecule has 4 fully saturated rings. The van der Waals surface area contributed by atoms with E-state index in [0.717, 1.165) is 43.1 Å². The lowest BCUT2D eigenvalue weighted by Gasteiger charge is -2.32. The average Bonchev–Trinajstić information content (AvgIpc) is 2.71. The van der Waals surface area contributed by atoms with Crippen LogP contribution in [0, 0.1) is 23.7 Å². The maximum atomic E-state index is 12.1. The van der Waals surface area contributed by atoms with Crippen molar-refractivity contribution >= 4 is 5.91 Å². The van der Waals surface area contributed by atoms with Crippen LogP contribution in [-0.2, 0) is 4.79 Å². The highest BCUT2D eigenvalue weighted by Crippen LogP contribution is 2.67. The van der Waals surface area contributed by atoms with Crippen LogP contribution >= 0.6 is 0 Å². The van der Waals surface area contributed by atoms with Gasteiger partial charge in [-0.25, -0.2) is 0 Å². The van der Waals surface area contributed by atoms with Crippen molar-refractivity contribution in [1.29, 1.82) is 0 Å². The number of carbonyl (C=O) groups excluding carboxylic acids is 1. The summed E-state index contributed by atoms with van der Waals surface area (Å²) in [5.74, 6) is 3.88. The zero-order valence-corrected chi connectivity index (χ0v) is 9.64. The van der Waals surface area contributed by atoms with Crippen molar-refractivity contribution in [1.82, 2.24) is 4.90 Å². The van der Waals surface area contributed by atoms with Crippen LogP contribution in [0.5, 0.6) is 0 Å². The molecule has 3 nitrogen and oxygen atoms in total. The minimum atomic E-state index is -0.201. The fourth-order valence-corrected chi connectivity index (χ4v) is 4.92. The first-order valence-electron chi connectivity index (χ1n) is 6.83. The Balaban J connectivity index is 1.54. The third-order valence-corrected chi connectivity index (χ3v) is 5.57. The average molecular weight is 220 g/mol. The Morgan fingerprint density at radius 2 is 1.81 bits per heavy atom. The second-order valence-corrected chi connectivity index (χ2v) is 6.26. The predicted molar refractivity (Wildman–Crippen MR) is 60.5 cm³/mol. The standard InChI is InChI=1S/C13H20N2O/c14-9-2-1-5-15(13(9)16)12-10-7-3-4-8(6-7)11(10)12/h7-12H,1-6,14H2. The van der Waals surface area contributed by atoms with E-state index in [1.807, 2.05) is 0 Å². The largest absolute Gasteiger partial charge is 0.338 e. The lowest BCUT2D eigenvalue weighted by atomic mass is 10.0. The van der Waals surface area contributed by atoms with E-state index in [-0.39, 0.29) is 11.9 Å². The number of carbonyl (C=O) groups is 1. The fourth-order valence-electron chi connectivity index (χ4n) is 4.92. The molecule has 5 atom stereocenters. The summed E-state index contributed by atoms with van der Waals surface area (Å²) in [7, 11) is 0. The Hall–Kier alpha value is -0.570. The Morgan fingerprint density at radius 3 is 2.50 bits per heavy atom. The molecule has 3 saturated carbocycles. The first-order chi connectivity index (χ1) is 7.77. The molecule has 4 aliphatic rings. The van der Waals surface area contributed by atoms with Gasteiger partial charge in [-0.2, -0.15) is 0 Å². The van der Waals surface area contributed by atoms with Gasteiger partial charge in [0.2, 0.25) is 5.91 Å². The van der Waals surface area contributed by atoms with Gasteiger partial charge >= 0.3 is 0 Å². The third kappa shape index (κ3) is 1.05. The summed E-state index contributed by atoms with van der Waals surface area (Å²) in [6, 6.07) is 0.401. The Labute approximate surface area is 96.4 Å². The first kappa shape index (κ1) is 9.46. The van der Waals surface area contributed by atoms with Crippen molar-refractivity contribution in [2.24, 2.45) is 29.4 Å². The van der Waals surface area contributed by atoms with Gasteiger partial charge in [-0.05, 0) is 55.8 Å². The number of amides is 1. The number of rotatable bonds is 1. The van der Waals surface area contributed by atoms with Crippen LogP contribution in [-0.4, -0.2) is 29.4 Å². The summed E-state index contributed by atoms with van der Waals surface area (Å²) in [6.07, 6.45) is 6.31. The molecule has 3 heteroatoms. The Morgan fingerprint density at radius 1 is 1.12 bits per heavy atom. The van der Waals surface area contributed by atoms with Gasteiger partial charge in [0.05, 0.1) is 6.04 Å². The van der Waals surface area contributed by atoms with E-state index in [0.29, 0.717) is 6.04 Å². The molecule has 1 aliphatic heterocycles. The molecule has 0 radical (unpaired) electrons. The lowest BCUT2D eigenvalue weighted by Crippen LogP contribution is -2.50. The summed E-state index contributed by atoms with van der Waals surface area (Å²) in [6.45, 7) is 0.976. The summed E-state index contributed by atoms with van der Waals surface area (Å²) in [5, 5.41) is 0. The van der Waals surface area contributed by atoms with Gasteiger partial charge in [0.15, 0.2) is 0 Å². The van der Waals surface area contributed by atoms with E-state index in [9.17, 15) is 4.79 Å². The quantitative estimate of drug-likeness (QED) is 0.716. The molecule has 88 valence electrons. The zero-order valence-electron chi connectivity index (χ0n) is 9.64. The van der Waals surface area contributed by atoms with E-state index in [4.69, 9.17) is 5.73 Å². The molecule has 0 aromatic heterocycles. The van der Waals surface area contributed by atoms with E-state index < -0.39 is 0 Å². The molecule has 2 N–H and O–H groups in total. The van der Waals surface area contributed by atoms with Gasteiger partial charge in [-0.1, -0.05) is 0 Å². The number of nitrogens with two attached hydrogens (primary N) is 1. The molecule has 3 aliphatic carbocycles. The summed E-state index contributed by atoms with van der Waals surface area (Å²) < 4.78 is 0. The van der Waals surface area contributed by atoms with E-state index in [1.54, 1.807) is 0 Å². The van der Waals surface area contributed by atoms with Crippen molar-refractivity contribution < 1.29 is 4.79 Å². The molecule has 2 bridgehead atoms. The Kier molecular flexibility index (Phi) is 1.78. The molecule has 0 aromatic rings. The third-order valence-electron chi connectivity index (χ3n) is 5.57. The number of hydrogen-bond donors (Lipinski definition) is 1. The van der Waals surface area contributed by atoms with Crippen LogP contribution in [0.4, 0.5) is 0 Å². The summed E-state index contributed by atoms with van der Waals surface area (Å²) in [4.78, 5) is 14.2. The molecule has 1 amide bonds. The predicted octanol–water partition coefficient (Wildman–Crippen LogP) is 0.981. The maximum absolute atomic E-state index is 12.1. The van der Waals surface area contributed by atoms with E-state index in [1.165, 1.54) is 19.3 Å². The molecule has 4 rings (SSSR count). The normalized spacial score (nSPS) is 54.3. The molecular formula is C13H20N2O. The van der Waals surface area contributed by atoms with Crippen LogP contribution in [0.15, 0.2) is 0 Å². The van der Waals surface area contributed by atoms with Gasteiger partial charge in [0.25, 0.3) is 0 Å². The summed E-state index contributed by atoms with van der Waals surface area (Å²) in [5.41, 5.74) is 5.88. The van der Waals surface area contributed by atoms with Crippen LogP contribution in [0.1, 0.15) is 32.1 Å². The second-order valence-electron chi connectivity index (χ2n) is 6.26. The van der Waals surface area contributed by atoms with Gasteiger partial charge < -0.3 is 10.6 Å². The molecule has 16 heavy (non-hydrogen) atoms. The van der Waals surface area contributed by atoms with Gasteiger partial charge in [0.1, 0.15) is 0 Å². The van der Waals surface area contributed by atoms with E-state index in [2.05, 4.69) is 4.90 Å². The summed E-state index contributed by atoms with van der Waals surface area (Å²) >= 11 is 0. The number of hydrogen-bond acceptors (Lipinski definition) is 2. The fraction of sp³-hybridized carbons (Fsp3) is 0.923. The topological polar surface area (TPSA) is 46.3 Å². The number of fused-ring (bicyclic) bond motifs is 5. The monoisotopic (exact) mass is 220 g/mol. The minimum Gasteiger partial charge on any atom is -0.338 e.